The molecular weight excluding hydrogens is 388 g/mol. The maximum absolute atomic E-state index is 12.8. The van der Waals surface area contributed by atoms with Crippen LogP contribution in [0.15, 0.2) is 23.5 Å². The molecule has 164 valence electrons. The lowest BCUT2D eigenvalue weighted by atomic mass is 9.96. The molecule has 1 amide bonds. The van der Waals surface area contributed by atoms with Gasteiger partial charge in [0.25, 0.3) is 0 Å². The zero-order valence-corrected chi connectivity index (χ0v) is 17.4. The Morgan fingerprint density at radius 1 is 0.900 bits per heavy atom. The van der Waals surface area contributed by atoms with Crippen molar-refractivity contribution in [1.29, 1.82) is 0 Å². The second-order valence-electron chi connectivity index (χ2n) is 8.86. The van der Waals surface area contributed by atoms with Crippen LogP contribution in [0, 0.1) is 0 Å². The van der Waals surface area contributed by atoms with Crippen LogP contribution in [0.5, 0.6) is 0 Å². The molecule has 4 heterocycles. The first kappa shape index (κ1) is 20.9. The Balaban J connectivity index is 1.31. The summed E-state index contributed by atoms with van der Waals surface area (Å²) in [6, 6.07) is 1.98. The second kappa shape index (κ2) is 8.39. The number of amides is 1. The number of piperidine rings is 1. The van der Waals surface area contributed by atoms with Crippen LogP contribution in [-0.4, -0.2) is 106 Å². The first-order valence-corrected chi connectivity index (χ1v) is 10.7. The smallest absolute Gasteiger partial charge is 0.333 e. The summed E-state index contributed by atoms with van der Waals surface area (Å²) in [4.78, 5) is 43.6. The van der Waals surface area contributed by atoms with E-state index in [4.69, 9.17) is 0 Å². The number of carbonyl (C=O) groups excluding carboxylic acids is 1. The fraction of sp³-hybridized carbons (Fsp3) is 0.667. The van der Waals surface area contributed by atoms with Gasteiger partial charge in [-0.25, -0.2) is 9.59 Å². The second-order valence-corrected chi connectivity index (χ2v) is 8.86. The number of rotatable bonds is 5. The summed E-state index contributed by atoms with van der Waals surface area (Å²) in [6.45, 7) is 2.96. The van der Waals surface area contributed by atoms with Crippen molar-refractivity contribution in [3.63, 3.8) is 0 Å². The van der Waals surface area contributed by atoms with Crippen molar-refractivity contribution in [3.05, 3.63) is 23.5 Å². The van der Waals surface area contributed by atoms with Crippen molar-refractivity contribution in [1.82, 2.24) is 19.6 Å². The van der Waals surface area contributed by atoms with E-state index in [9.17, 15) is 24.6 Å². The van der Waals surface area contributed by atoms with Crippen LogP contribution in [0.4, 0.5) is 0 Å². The molecule has 0 aromatic heterocycles. The van der Waals surface area contributed by atoms with E-state index in [1.54, 1.807) is 4.90 Å². The molecule has 0 aromatic carbocycles. The number of hydrogen-bond acceptors (Lipinski definition) is 6. The van der Waals surface area contributed by atoms with Gasteiger partial charge in [0.1, 0.15) is 6.54 Å². The fourth-order valence-electron chi connectivity index (χ4n) is 5.36. The number of carboxylic acid groups (broad SMARTS) is 2. The SMILES string of the molecule is CN1C2CCC1CC(N1CCN(C(=O)CN3C=C(C(=O)O)CC(C(=O)O)=C3)CC1)C2. The van der Waals surface area contributed by atoms with Crippen molar-refractivity contribution in [2.45, 2.75) is 50.2 Å². The third-order valence-electron chi connectivity index (χ3n) is 7.15. The lowest BCUT2D eigenvalue weighted by Gasteiger charge is -2.45. The predicted molar refractivity (Wildman–Crippen MR) is 109 cm³/mol. The summed E-state index contributed by atoms with van der Waals surface area (Å²) in [5.74, 6) is -2.44. The largest absolute Gasteiger partial charge is 0.478 e. The van der Waals surface area contributed by atoms with Gasteiger partial charge in [0, 0.05) is 63.1 Å². The number of hydrogen-bond donors (Lipinski definition) is 2. The Labute approximate surface area is 176 Å². The van der Waals surface area contributed by atoms with Gasteiger partial charge in [-0.2, -0.15) is 0 Å². The van der Waals surface area contributed by atoms with Crippen LogP contribution in [-0.2, 0) is 14.4 Å². The molecule has 0 saturated carbocycles. The Kier molecular flexibility index (Phi) is 5.84. The zero-order valence-electron chi connectivity index (χ0n) is 17.4. The van der Waals surface area contributed by atoms with Crippen molar-refractivity contribution in [2.24, 2.45) is 0 Å². The van der Waals surface area contributed by atoms with Gasteiger partial charge < -0.3 is 24.9 Å². The molecule has 2 unspecified atom stereocenters. The predicted octanol–water partition coefficient (Wildman–Crippen LogP) is 0.399. The molecule has 4 aliphatic heterocycles. The van der Waals surface area contributed by atoms with Gasteiger partial charge in [-0.15, -0.1) is 0 Å². The lowest BCUT2D eigenvalue weighted by Crippen LogP contribution is -2.56. The van der Waals surface area contributed by atoms with Crippen molar-refractivity contribution in [3.8, 4) is 0 Å². The molecule has 0 aliphatic carbocycles. The third-order valence-corrected chi connectivity index (χ3v) is 7.15. The van der Waals surface area contributed by atoms with Gasteiger partial charge in [-0.3, -0.25) is 9.69 Å². The van der Waals surface area contributed by atoms with Crippen LogP contribution in [0.25, 0.3) is 0 Å². The summed E-state index contributed by atoms with van der Waals surface area (Å²) in [5.41, 5.74) is -0.0474. The summed E-state index contributed by atoms with van der Waals surface area (Å²) < 4.78 is 0. The number of fused-ring (bicyclic) bond motifs is 2. The number of piperazine rings is 1. The molecule has 2 atom stereocenters. The van der Waals surface area contributed by atoms with Crippen LogP contribution >= 0.6 is 0 Å². The number of aliphatic carboxylic acids is 2. The Morgan fingerprint density at radius 2 is 1.43 bits per heavy atom. The highest BCUT2D eigenvalue weighted by Crippen LogP contribution is 2.36. The molecule has 2 N–H and O–H groups in total. The van der Waals surface area contributed by atoms with Crippen LogP contribution in [0.3, 0.4) is 0 Å². The average Bonchev–Trinajstić information content (AvgIpc) is 2.93. The normalized spacial score (nSPS) is 30.1. The molecule has 2 bridgehead atoms. The molecule has 0 radical (unpaired) electrons. The van der Waals surface area contributed by atoms with E-state index in [-0.39, 0.29) is 30.0 Å². The van der Waals surface area contributed by atoms with Gasteiger partial charge in [-0.1, -0.05) is 0 Å². The van der Waals surface area contributed by atoms with Gasteiger partial charge in [0.2, 0.25) is 5.91 Å². The van der Waals surface area contributed by atoms with E-state index in [0.29, 0.717) is 31.2 Å². The molecule has 9 nitrogen and oxygen atoms in total. The molecule has 9 heteroatoms. The van der Waals surface area contributed by atoms with E-state index < -0.39 is 11.9 Å². The topological polar surface area (TPSA) is 105 Å². The summed E-state index contributed by atoms with van der Waals surface area (Å²) in [6.07, 6.45) is 7.58. The molecule has 30 heavy (non-hydrogen) atoms. The molecule has 3 fully saturated rings. The van der Waals surface area contributed by atoms with E-state index in [1.165, 1.54) is 43.0 Å². The molecule has 0 aromatic rings. The highest BCUT2D eigenvalue weighted by molar-refractivity contribution is 5.94. The molecule has 3 saturated heterocycles. The Bertz CT molecular complexity index is 742. The van der Waals surface area contributed by atoms with Gasteiger partial charge in [0.15, 0.2) is 0 Å². The zero-order chi connectivity index (χ0) is 21.4. The maximum Gasteiger partial charge on any atom is 0.333 e. The summed E-state index contributed by atoms with van der Waals surface area (Å²) in [7, 11) is 2.24. The maximum atomic E-state index is 12.8. The molecule has 0 spiro atoms. The lowest BCUT2D eigenvalue weighted by molar-refractivity contribution is -0.135. The standard InChI is InChI=1S/C21H30N4O5/c1-22-16-2-3-17(22)10-18(9-16)24-4-6-25(7-5-24)19(26)13-23-11-14(20(27)28)8-15(12-23)21(29)30/h11-12,16-18H,2-10,13H2,1H3,(H,27,28)(H,29,30). The average molecular weight is 418 g/mol. The number of nitrogens with zero attached hydrogens (tertiary/aromatic N) is 4. The quantitative estimate of drug-likeness (QED) is 0.661. The van der Waals surface area contributed by atoms with Gasteiger partial charge in [0.05, 0.1) is 11.1 Å². The molecular formula is C21H30N4O5. The van der Waals surface area contributed by atoms with E-state index in [2.05, 4.69) is 16.8 Å². The number of carbonyl (C=O) groups is 3. The summed E-state index contributed by atoms with van der Waals surface area (Å²) >= 11 is 0. The van der Waals surface area contributed by atoms with Crippen molar-refractivity contribution in [2.75, 3.05) is 39.8 Å². The van der Waals surface area contributed by atoms with Gasteiger partial charge in [-0.05, 0) is 32.7 Å². The first-order chi connectivity index (χ1) is 14.3. The monoisotopic (exact) mass is 418 g/mol. The highest BCUT2D eigenvalue weighted by atomic mass is 16.4. The Morgan fingerprint density at radius 3 is 1.93 bits per heavy atom. The fourth-order valence-corrected chi connectivity index (χ4v) is 5.36. The minimum Gasteiger partial charge on any atom is -0.478 e. The minimum absolute atomic E-state index is 0.0237. The molecule has 4 aliphatic rings. The number of carboxylic acids is 2. The summed E-state index contributed by atoms with van der Waals surface area (Å²) in [5, 5.41) is 18.5. The van der Waals surface area contributed by atoms with E-state index in [0.717, 1.165) is 13.1 Å². The minimum atomic E-state index is -1.17. The highest BCUT2D eigenvalue weighted by Gasteiger charge is 2.41. The van der Waals surface area contributed by atoms with Crippen LogP contribution < -0.4 is 0 Å². The third kappa shape index (κ3) is 4.22. The molecule has 4 rings (SSSR count). The van der Waals surface area contributed by atoms with Crippen LogP contribution in [0.1, 0.15) is 32.1 Å². The van der Waals surface area contributed by atoms with E-state index >= 15 is 0 Å². The van der Waals surface area contributed by atoms with Gasteiger partial charge >= 0.3 is 11.9 Å². The Hall–Kier alpha value is -2.39. The van der Waals surface area contributed by atoms with Crippen LogP contribution in [0.2, 0.25) is 0 Å². The van der Waals surface area contributed by atoms with Crippen molar-refractivity contribution < 1.29 is 24.6 Å². The first-order valence-electron chi connectivity index (χ1n) is 10.7. The van der Waals surface area contributed by atoms with Crippen molar-refractivity contribution >= 4 is 17.8 Å². The van der Waals surface area contributed by atoms with E-state index in [1.807, 2.05) is 0 Å².